The smallest absolute Gasteiger partial charge is 0.309 e. The van der Waals surface area contributed by atoms with E-state index in [1.807, 2.05) is 0 Å². The third-order valence-electron chi connectivity index (χ3n) is 2.31. The molecule has 3 heteroatoms. The fraction of sp³-hybridized carbons (Fsp3) is 0.857. The van der Waals surface area contributed by atoms with Gasteiger partial charge in [0.2, 0.25) is 0 Å². The van der Waals surface area contributed by atoms with Gasteiger partial charge in [-0.25, -0.2) is 0 Å². The number of ether oxygens (including phenoxy) is 1. The fourth-order valence-electron chi connectivity index (χ4n) is 1.67. The summed E-state index contributed by atoms with van der Waals surface area (Å²) in [5.74, 6) is 0.292. The Balaban J connectivity index is 2.15. The predicted molar refractivity (Wildman–Crippen MR) is 45.0 cm³/mol. The molecule has 1 heterocycles. The van der Waals surface area contributed by atoms with E-state index in [2.05, 4.69) is 22.6 Å². The van der Waals surface area contributed by atoms with Gasteiger partial charge in [-0.2, -0.15) is 0 Å². The molecule has 2 bridgehead atoms. The highest BCUT2D eigenvalue weighted by molar-refractivity contribution is 14.1. The van der Waals surface area contributed by atoms with E-state index in [9.17, 15) is 4.79 Å². The molecule has 2 nitrogen and oxygen atoms in total. The molecule has 2 rings (SSSR count). The van der Waals surface area contributed by atoms with Crippen molar-refractivity contribution in [2.75, 3.05) is 0 Å². The van der Waals surface area contributed by atoms with Crippen LogP contribution in [0.4, 0.5) is 0 Å². The summed E-state index contributed by atoms with van der Waals surface area (Å²) in [6.45, 7) is 0. The van der Waals surface area contributed by atoms with Crippen LogP contribution in [0.1, 0.15) is 19.3 Å². The van der Waals surface area contributed by atoms with Crippen LogP contribution in [-0.2, 0) is 9.53 Å². The van der Waals surface area contributed by atoms with E-state index >= 15 is 0 Å². The average molecular weight is 252 g/mol. The lowest BCUT2D eigenvalue weighted by molar-refractivity contribution is -0.143. The first kappa shape index (κ1) is 6.88. The molecule has 0 aromatic carbocycles. The number of esters is 1. The van der Waals surface area contributed by atoms with Crippen molar-refractivity contribution < 1.29 is 9.53 Å². The van der Waals surface area contributed by atoms with Crippen LogP contribution in [0.15, 0.2) is 0 Å². The molecule has 0 radical (unpaired) electrons. The van der Waals surface area contributed by atoms with Gasteiger partial charge in [-0.05, 0) is 19.3 Å². The van der Waals surface area contributed by atoms with Crippen molar-refractivity contribution in [2.45, 2.75) is 29.3 Å². The predicted octanol–water partition coefficient (Wildman–Crippen LogP) is 1.52. The standard InChI is InChI=1S/C7H9IO2/c8-5-2-1-4-3-6(5)10-7(4)9/h4-6H,1-3H2/t4-,5+,6-/m0/s1. The molecule has 56 valence electrons. The quantitative estimate of drug-likeness (QED) is 0.371. The third-order valence-corrected chi connectivity index (χ3v) is 3.74. The maximum atomic E-state index is 11.0. The van der Waals surface area contributed by atoms with Crippen LogP contribution in [0.25, 0.3) is 0 Å². The van der Waals surface area contributed by atoms with Gasteiger partial charge in [0.25, 0.3) is 0 Å². The van der Waals surface area contributed by atoms with E-state index in [0.29, 0.717) is 3.92 Å². The van der Waals surface area contributed by atoms with E-state index in [1.54, 1.807) is 0 Å². The highest BCUT2D eigenvalue weighted by Gasteiger charge is 2.41. The van der Waals surface area contributed by atoms with Gasteiger partial charge >= 0.3 is 5.97 Å². The number of rotatable bonds is 0. The minimum absolute atomic E-state index is 0.0455. The molecule has 0 unspecified atom stereocenters. The highest BCUT2D eigenvalue weighted by atomic mass is 127. The molecule has 0 aromatic rings. The highest BCUT2D eigenvalue weighted by Crippen LogP contribution is 2.37. The lowest BCUT2D eigenvalue weighted by Crippen LogP contribution is -2.22. The van der Waals surface area contributed by atoms with E-state index in [0.717, 1.165) is 19.3 Å². The second kappa shape index (κ2) is 2.36. The normalized spacial score (nSPS) is 45.3. The number of carbonyl (C=O) groups is 1. The van der Waals surface area contributed by atoms with E-state index in [-0.39, 0.29) is 18.0 Å². The minimum Gasteiger partial charge on any atom is -0.461 e. The summed E-state index contributed by atoms with van der Waals surface area (Å²) in [5.41, 5.74) is 0. The van der Waals surface area contributed by atoms with Crippen LogP contribution < -0.4 is 0 Å². The fourth-order valence-corrected chi connectivity index (χ4v) is 2.47. The van der Waals surface area contributed by atoms with Gasteiger partial charge in [0.15, 0.2) is 0 Å². The number of alkyl halides is 1. The molecule has 10 heavy (non-hydrogen) atoms. The summed E-state index contributed by atoms with van der Waals surface area (Å²) in [6.07, 6.45) is 3.42. The maximum Gasteiger partial charge on any atom is 0.309 e. The monoisotopic (exact) mass is 252 g/mol. The van der Waals surface area contributed by atoms with Crippen LogP contribution in [0, 0.1) is 5.92 Å². The van der Waals surface area contributed by atoms with Gasteiger partial charge in [-0.15, -0.1) is 0 Å². The first-order chi connectivity index (χ1) is 4.77. The van der Waals surface area contributed by atoms with E-state index in [4.69, 9.17) is 4.74 Å². The Labute approximate surface area is 73.5 Å². The molecule has 0 aromatic heterocycles. The van der Waals surface area contributed by atoms with Crippen molar-refractivity contribution in [2.24, 2.45) is 5.92 Å². The van der Waals surface area contributed by atoms with Crippen LogP contribution in [-0.4, -0.2) is 16.0 Å². The molecule has 0 amide bonds. The lowest BCUT2D eigenvalue weighted by Gasteiger charge is -2.19. The zero-order valence-electron chi connectivity index (χ0n) is 5.55. The van der Waals surface area contributed by atoms with Gasteiger partial charge in [0.1, 0.15) is 6.10 Å². The summed E-state index contributed by atoms with van der Waals surface area (Å²) in [5, 5.41) is 0. The summed E-state index contributed by atoms with van der Waals surface area (Å²) < 4.78 is 5.72. The number of carbonyl (C=O) groups excluding carboxylic acids is 1. The molecule has 1 saturated heterocycles. The SMILES string of the molecule is O=C1O[C@H]2C[C@@H]1CC[C@H]2I. The minimum atomic E-state index is 0.0455. The van der Waals surface area contributed by atoms with Crippen molar-refractivity contribution in [3.8, 4) is 0 Å². The molecule has 0 spiro atoms. The molecule has 1 saturated carbocycles. The number of fused-ring (bicyclic) bond motifs is 2. The van der Waals surface area contributed by atoms with E-state index in [1.165, 1.54) is 0 Å². The van der Waals surface area contributed by atoms with E-state index < -0.39 is 0 Å². The largest absolute Gasteiger partial charge is 0.461 e. The van der Waals surface area contributed by atoms with Crippen molar-refractivity contribution >= 4 is 28.6 Å². The topological polar surface area (TPSA) is 26.3 Å². The molecule has 0 N–H and O–H groups in total. The Hall–Kier alpha value is 0.200. The third kappa shape index (κ3) is 0.946. The average Bonchev–Trinajstić information content (AvgIpc) is 2.21. The first-order valence-electron chi connectivity index (χ1n) is 3.62. The van der Waals surface area contributed by atoms with Crippen molar-refractivity contribution in [1.82, 2.24) is 0 Å². The number of hydrogen-bond acceptors (Lipinski definition) is 2. The zero-order valence-corrected chi connectivity index (χ0v) is 7.71. The second-order valence-electron chi connectivity index (χ2n) is 3.00. The summed E-state index contributed by atoms with van der Waals surface area (Å²) in [4.78, 5) is 11.0. The molecular weight excluding hydrogens is 243 g/mol. The van der Waals surface area contributed by atoms with Crippen LogP contribution in [0.2, 0.25) is 0 Å². The van der Waals surface area contributed by atoms with Crippen LogP contribution in [0.3, 0.4) is 0 Å². The van der Waals surface area contributed by atoms with Crippen molar-refractivity contribution in [1.29, 1.82) is 0 Å². The molecular formula is C7H9IO2. The lowest BCUT2D eigenvalue weighted by atomic mass is 9.90. The van der Waals surface area contributed by atoms with Crippen LogP contribution in [0.5, 0.6) is 0 Å². The molecule has 1 aliphatic carbocycles. The Bertz CT molecular complexity index is 169. The summed E-state index contributed by atoms with van der Waals surface area (Å²) >= 11 is 2.38. The maximum absolute atomic E-state index is 11.0. The van der Waals surface area contributed by atoms with Gasteiger partial charge < -0.3 is 4.74 Å². The summed E-state index contributed by atoms with van der Waals surface area (Å²) in [6, 6.07) is 0. The summed E-state index contributed by atoms with van der Waals surface area (Å²) in [7, 11) is 0. The molecule has 1 aliphatic heterocycles. The second-order valence-corrected chi connectivity index (χ2v) is 4.60. The number of halogens is 1. The molecule has 2 fully saturated rings. The van der Waals surface area contributed by atoms with Gasteiger partial charge in [0, 0.05) is 3.92 Å². The Morgan fingerprint density at radius 1 is 1.50 bits per heavy atom. The van der Waals surface area contributed by atoms with Gasteiger partial charge in [-0.1, -0.05) is 22.6 Å². The Kier molecular flexibility index (Phi) is 1.62. The molecule has 2 aliphatic rings. The van der Waals surface area contributed by atoms with Crippen LogP contribution >= 0.6 is 22.6 Å². The molecule has 3 atom stereocenters. The van der Waals surface area contributed by atoms with Crippen molar-refractivity contribution in [3.63, 3.8) is 0 Å². The Morgan fingerprint density at radius 3 is 3.00 bits per heavy atom. The van der Waals surface area contributed by atoms with Gasteiger partial charge in [0.05, 0.1) is 5.92 Å². The first-order valence-corrected chi connectivity index (χ1v) is 4.86. The zero-order chi connectivity index (χ0) is 7.14. The van der Waals surface area contributed by atoms with Crippen molar-refractivity contribution in [3.05, 3.63) is 0 Å². The number of hydrogen-bond donors (Lipinski definition) is 0. The van der Waals surface area contributed by atoms with Gasteiger partial charge in [-0.3, -0.25) is 4.79 Å². The Morgan fingerprint density at radius 2 is 2.30 bits per heavy atom.